The van der Waals surface area contributed by atoms with Crippen molar-refractivity contribution in [3.63, 3.8) is 0 Å². The maximum atomic E-state index is 12.4. The molecule has 0 fully saturated rings. The molecule has 0 aromatic heterocycles. The monoisotopic (exact) mass is 397 g/mol. The van der Waals surface area contributed by atoms with Crippen LogP contribution in [0, 0.1) is 12.8 Å². The summed E-state index contributed by atoms with van der Waals surface area (Å²) in [5.74, 6) is 1.15. The molecular formula is C23H31N3O3. The maximum Gasteiger partial charge on any atom is 0.243 e. The fourth-order valence-electron chi connectivity index (χ4n) is 2.63. The van der Waals surface area contributed by atoms with E-state index in [1.807, 2.05) is 43.3 Å². The van der Waals surface area contributed by atoms with Crippen LogP contribution in [0.4, 0.5) is 17.1 Å². The third kappa shape index (κ3) is 7.49. The Balaban J connectivity index is 1.90. The lowest BCUT2D eigenvalue weighted by Gasteiger charge is -2.14. The maximum absolute atomic E-state index is 12.4. The first-order valence-corrected chi connectivity index (χ1v) is 10.0. The first-order chi connectivity index (χ1) is 13.9. The summed E-state index contributed by atoms with van der Waals surface area (Å²) >= 11 is 0. The molecule has 29 heavy (non-hydrogen) atoms. The van der Waals surface area contributed by atoms with Crippen molar-refractivity contribution in [2.24, 2.45) is 5.92 Å². The molecule has 6 nitrogen and oxygen atoms in total. The fourth-order valence-corrected chi connectivity index (χ4v) is 2.63. The van der Waals surface area contributed by atoms with Gasteiger partial charge in [0.15, 0.2) is 0 Å². The highest BCUT2D eigenvalue weighted by atomic mass is 16.5. The highest BCUT2D eigenvalue weighted by molar-refractivity contribution is 5.97. The highest BCUT2D eigenvalue weighted by Crippen LogP contribution is 2.23. The van der Waals surface area contributed by atoms with E-state index in [4.69, 9.17) is 4.74 Å². The van der Waals surface area contributed by atoms with Gasteiger partial charge in [0.1, 0.15) is 5.75 Å². The predicted octanol–water partition coefficient (Wildman–Crippen LogP) is 4.82. The topological polar surface area (TPSA) is 79.5 Å². The van der Waals surface area contributed by atoms with Crippen LogP contribution in [-0.2, 0) is 9.59 Å². The van der Waals surface area contributed by atoms with Crippen LogP contribution in [0.3, 0.4) is 0 Å². The molecule has 0 saturated carbocycles. The van der Waals surface area contributed by atoms with Crippen LogP contribution in [-0.4, -0.2) is 25.0 Å². The zero-order chi connectivity index (χ0) is 21.2. The number of ether oxygens (including phenoxy) is 1. The molecule has 0 aliphatic carbocycles. The summed E-state index contributed by atoms with van der Waals surface area (Å²) in [6.07, 6.45) is 1.40. The quantitative estimate of drug-likeness (QED) is 0.537. The number of benzene rings is 2. The molecule has 0 unspecified atom stereocenters. The van der Waals surface area contributed by atoms with E-state index in [9.17, 15) is 9.59 Å². The number of amides is 2. The van der Waals surface area contributed by atoms with Gasteiger partial charge in [0.05, 0.1) is 13.2 Å². The number of carbonyl (C=O) groups excluding carboxylic acids is 2. The van der Waals surface area contributed by atoms with Crippen LogP contribution in [0.2, 0.25) is 0 Å². The van der Waals surface area contributed by atoms with E-state index < -0.39 is 0 Å². The number of hydrogen-bond acceptors (Lipinski definition) is 4. The third-order valence-corrected chi connectivity index (χ3v) is 4.45. The van der Waals surface area contributed by atoms with Gasteiger partial charge in [0.25, 0.3) is 0 Å². The molecule has 0 bridgehead atoms. The Hall–Kier alpha value is -3.02. The third-order valence-electron chi connectivity index (χ3n) is 4.45. The summed E-state index contributed by atoms with van der Waals surface area (Å²) in [5, 5.41) is 8.85. The number of nitrogens with one attached hydrogen (secondary N) is 3. The zero-order valence-corrected chi connectivity index (χ0v) is 17.7. The number of rotatable bonds is 10. The van der Waals surface area contributed by atoms with Crippen LogP contribution >= 0.6 is 0 Å². The van der Waals surface area contributed by atoms with Gasteiger partial charge in [0, 0.05) is 29.5 Å². The van der Waals surface area contributed by atoms with E-state index >= 15 is 0 Å². The molecule has 156 valence electrons. The van der Waals surface area contributed by atoms with Crippen molar-refractivity contribution in [3.8, 4) is 5.75 Å². The van der Waals surface area contributed by atoms with Crippen LogP contribution in [0.25, 0.3) is 0 Å². The van der Waals surface area contributed by atoms with Gasteiger partial charge in [0.2, 0.25) is 11.8 Å². The minimum Gasteiger partial charge on any atom is -0.494 e. The molecule has 6 heteroatoms. The molecule has 2 rings (SSSR count). The summed E-state index contributed by atoms with van der Waals surface area (Å²) in [6.45, 7) is 8.79. The standard InChI is InChI=1S/C23H31N3O3/c1-5-22(27)25-20-10-7-11-21(17(20)4)26-23(28)15-24-18-8-6-9-19(14-18)29-13-12-16(2)3/h6-11,14,16,24H,5,12-13,15H2,1-4H3,(H,25,27)(H,26,28). The van der Waals surface area contributed by atoms with E-state index in [0.29, 0.717) is 30.3 Å². The molecular weight excluding hydrogens is 366 g/mol. The average Bonchev–Trinajstić information content (AvgIpc) is 2.69. The van der Waals surface area contributed by atoms with Crippen molar-refractivity contribution in [1.29, 1.82) is 0 Å². The van der Waals surface area contributed by atoms with Gasteiger partial charge in [-0.1, -0.05) is 32.9 Å². The number of anilines is 3. The molecule has 0 aliphatic heterocycles. The van der Waals surface area contributed by atoms with Gasteiger partial charge in [-0.2, -0.15) is 0 Å². The minimum atomic E-state index is -0.168. The van der Waals surface area contributed by atoms with Crippen molar-refractivity contribution in [3.05, 3.63) is 48.0 Å². The lowest BCUT2D eigenvalue weighted by atomic mass is 10.1. The Morgan fingerprint density at radius 3 is 2.31 bits per heavy atom. The molecule has 0 spiro atoms. The van der Waals surface area contributed by atoms with Gasteiger partial charge in [-0.3, -0.25) is 9.59 Å². The summed E-state index contributed by atoms with van der Waals surface area (Å²) in [7, 11) is 0. The Kier molecular flexibility index (Phi) is 8.52. The first kappa shape index (κ1) is 22.3. The SMILES string of the molecule is CCC(=O)Nc1cccc(NC(=O)CNc2cccc(OCCC(C)C)c2)c1C. The van der Waals surface area contributed by atoms with E-state index in [1.165, 1.54) is 0 Å². The van der Waals surface area contributed by atoms with Gasteiger partial charge < -0.3 is 20.7 Å². The Labute approximate surface area is 173 Å². The van der Waals surface area contributed by atoms with Crippen LogP contribution in [0.15, 0.2) is 42.5 Å². The average molecular weight is 398 g/mol. The molecule has 0 saturated heterocycles. The largest absolute Gasteiger partial charge is 0.494 e. The first-order valence-electron chi connectivity index (χ1n) is 10.0. The zero-order valence-electron chi connectivity index (χ0n) is 17.7. The molecule has 3 N–H and O–H groups in total. The Morgan fingerprint density at radius 1 is 1.00 bits per heavy atom. The van der Waals surface area contributed by atoms with E-state index in [-0.39, 0.29) is 18.4 Å². The van der Waals surface area contributed by atoms with Crippen LogP contribution in [0.1, 0.15) is 39.2 Å². The van der Waals surface area contributed by atoms with Crippen molar-refractivity contribution in [2.45, 2.75) is 40.5 Å². The van der Waals surface area contributed by atoms with E-state index in [1.54, 1.807) is 13.0 Å². The molecule has 2 aromatic carbocycles. The van der Waals surface area contributed by atoms with Crippen molar-refractivity contribution in [1.82, 2.24) is 0 Å². The lowest BCUT2D eigenvalue weighted by Crippen LogP contribution is -2.22. The Morgan fingerprint density at radius 2 is 1.66 bits per heavy atom. The van der Waals surface area contributed by atoms with Crippen molar-refractivity contribution < 1.29 is 14.3 Å². The fraction of sp³-hybridized carbons (Fsp3) is 0.391. The highest BCUT2D eigenvalue weighted by Gasteiger charge is 2.09. The summed E-state index contributed by atoms with van der Waals surface area (Å²) in [5.41, 5.74) is 3.02. The molecule has 2 aromatic rings. The normalized spacial score (nSPS) is 10.5. The summed E-state index contributed by atoms with van der Waals surface area (Å²) < 4.78 is 5.75. The molecule has 0 radical (unpaired) electrons. The smallest absolute Gasteiger partial charge is 0.243 e. The van der Waals surface area contributed by atoms with Crippen LogP contribution < -0.4 is 20.7 Å². The minimum absolute atomic E-state index is 0.0614. The van der Waals surface area contributed by atoms with E-state index in [2.05, 4.69) is 29.8 Å². The summed E-state index contributed by atoms with van der Waals surface area (Å²) in [4.78, 5) is 24.0. The second-order valence-electron chi connectivity index (χ2n) is 7.34. The number of carbonyl (C=O) groups is 2. The lowest BCUT2D eigenvalue weighted by molar-refractivity contribution is -0.116. The molecule has 0 heterocycles. The van der Waals surface area contributed by atoms with Gasteiger partial charge >= 0.3 is 0 Å². The predicted molar refractivity (Wildman–Crippen MR) is 119 cm³/mol. The molecule has 0 aliphatic rings. The molecule has 2 amide bonds. The van der Waals surface area contributed by atoms with Crippen molar-refractivity contribution in [2.75, 3.05) is 29.1 Å². The molecule has 0 atom stereocenters. The second kappa shape index (κ2) is 11.1. The van der Waals surface area contributed by atoms with Crippen molar-refractivity contribution >= 4 is 28.9 Å². The van der Waals surface area contributed by atoms with Gasteiger partial charge in [-0.15, -0.1) is 0 Å². The van der Waals surface area contributed by atoms with E-state index in [0.717, 1.165) is 23.4 Å². The van der Waals surface area contributed by atoms with Gasteiger partial charge in [-0.05, 0) is 49.1 Å². The summed E-state index contributed by atoms with van der Waals surface area (Å²) in [6, 6.07) is 13.0. The van der Waals surface area contributed by atoms with Gasteiger partial charge in [-0.25, -0.2) is 0 Å². The number of hydrogen-bond donors (Lipinski definition) is 3. The van der Waals surface area contributed by atoms with Crippen LogP contribution in [0.5, 0.6) is 5.75 Å². The Bertz CT molecular complexity index is 834. The second-order valence-corrected chi connectivity index (χ2v) is 7.34.